The number of esters is 1. The molecule has 0 spiro atoms. The fourth-order valence-corrected chi connectivity index (χ4v) is 1.82. The van der Waals surface area contributed by atoms with Gasteiger partial charge in [0.15, 0.2) is 5.79 Å². The highest BCUT2D eigenvalue weighted by atomic mass is 16.8. The lowest BCUT2D eigenvalue weighted by Gasteiger charge is -2.22. The standard InChI is InChI=1S/C9H15NO4/c1-9(2)12-4-6(14-9)8-5(10)3-7(11)13-8/h5-6,8H,3-4,10H2,1-2H3/t5-,6?,8?/m0/s1. The quantitative estimate of drug-likeness (QED) is 0.594. The molecule has 14 heavy (non-hydrogen) atoms. The Morgan fingerprint density at radius 1 is 1.50 bits per heavy atom. The maximum absolute atomic E-state index is 11.0. The molecule has 2 aliphatic rings. The second-order valence-corrected chi connectivity index (χ2v) is 4.19. The van der Waals surface area contributed by atoms with Crippen LogP contribution in [0.4, 0.5) is 0 Å². The molecule has 3 atom stereocenters. The summed E-state index contributed by atoms with van der Waals surface area (Å²) in [6, 6.07) is -0.273. The minimum atomic E-state index is -0.598. The first-order valence-electron chi connectivity index (χ1n) is 4.75. The van der Waals surface area contributed by atoms with E-state index in [1.165, 1.54) is 0 Å². The largest absolute Gasteiger partial charge is 0.458 e. The summed E-state index contributed by atoms with van der Waals surface area (Å²) in [6.45, 7) is 4.09. The lowest BCUT2D eigenvalue weighted by Crippen LogP contribution is -2.41. The minimum absolute atomic E-state index is 0.230. The first-order chi connectivity index (χ1) is 6.48. The molecule has 0 aliphatic carbocycles. The van der Waals surface area contributed by atoms with Gasteiger partial charge in [0.2, 0.25) is 0 Å². The van der Waals surface area contributed by atoms with Crippen molar-refractivity contribution in [3.63, 3.8) is 0 Å². The van der Waals surface area contributed by atoms with Gasteiger partial charge < -0.3 is 19.9 Å². The molecular formula is C9H15NO4. The van der Waals surface area contributed by atoms with E-state index in [9.17, 15) is 4.79 Å². The Labute approximate surface area is 82.5 Å². The highest BCUT2D eigenvalue weighted by Gasteiger charge is 2.45. The van der Waals surface area contributed by atoms with Crippen LogP contribution in [0.3, 0.4) is 0 Å². The smallest absolute Gasteiger partial charge is 0.307 e. The SMILES string of the molecule is CC1(C)OCC(C2OC(=O)C[C@@H]2N)O1. The molecule has 0 aromatic rings. The number of hydrogen-bond acceptors (Lipinski definition) is 5. The predicted octanol–water partition coefficient (Wildman–Crippen LogP) is -0.219. The van der Waals surface area contributed by atoms with E-state index < -0.39 is 5.79 Å². The predicted molar refractivity (Wildman–Crippen MR) is 47.4 cm³/mol. The van der Waals surface area contributed by atoms with Crippen molar-refractivity contribution in [3.05, 3.63) is 0 Å². The van der Waals surface area contributed by atoms with Crippen LogP contribution in [-0.2, 0) is 19.0 Å². The van der Waals surface area contributed by atoms with Gasteiger partial charge in [0.05, 0.1) is 19.1 Å². The number of rotatable bonds is 1. The molecule has 80 valence electrons. The van der Waals surface area contributed by atoms with Crippen molar-refractivity contribution in [1.29, 1.82) is 0 Å². The number of cyclic esters (lactones) is 1. The van der Waals surface area contributed by atoms with E-state index in [2.05, 4.69) is 0 Å². The maximum Gasteiger partial charge on any atom is 0.307 e. The zero-order valence-corrected chi connectivity index (χ0v) is 8.36. The number of ether oxygens (including phenoxy) is 3. The van der Waals surface area contributed by atoms with Crippen LogP contribution in [0.1, 0.15) is 20.3 Å². The Morgan fingerprint density at radius 2 is 2.21 bits per heavy atom. The van der Waals surface area contributed by atoms with E-state index in [0.29, 0.717) is 6.61 Å². The molecule has 2 heterocycles. The number of hydrogen-bond donors (Lipinski definition) is 1. The van der Waals surface area contributed by atoms with Crippen LogP contribution in [-0.4, -0.2) is 36.6 Å². The van der Waals surface area contributed by atoms with Crippen LogP contribution in [0.25, 0.3) is 0 Å². The van der Waals surface area contributed by atoms with E-state index in [1.807, 2.05) is 13.8 Å². The third kappa shape index (κ3) is 1.75. The minimum Gasteiger partial charge on any atom is -0.458 e. The third-order valence-electron chi connectivity index (χ3n) is 2.49. The third-order valence-corrected chi connectivity index (χ3v) is 2.49. The summed E-state index contributed by atoms with van der Waals surface area (Å²) in [4.78, 5) is 11.0. The zero-order valence-electron chi connectivity index (χ0n) is 8.36. The van der Waals surface area contributed by atoms with Crippen LogP contribution in [0.15, 0.2) is 0 Å². The number of nitrogens with two attached hydrogens (primary N) is 1. The summed E-state index contributed by atoms with van der Waals surface area (Å²) in [5.74, 6) is -0.852. The van der Waals surface area contributed by atoms with Gasteiger partial charge >= 0.3 is 5.97 Å². The molecule has 5 heteroatoms. The van der Waals surface area contributed by atoms with Gasteiger partial charge in [0, 0.05) is 0 Å². The molecule has 0 bridgehead atoms. The van der Waals surface area contributed by atoms with Gasteiger partial charge in [-0.15, -0.1) is 0 Å². The topological polar surface area (TPSA) is 70.8 Å². The molecule has 2 rings (SSSR count). The van der Waals surface area contributed by atoms with E-state index in [0.717, 1.165) is 0 Å². The van der Waals surface area contributed by atoms with Gasteiger partial charge in [-0.1, -0.05) is 0 Å². The highest BCUT2D eigenvalue weighted by Crippen LogP contribution is 2.29. The van der Waals surface area contributed by atoms with Crippen LogP contribution >= 0.6 is 0 Å². The number of carbonyl (C=O) groups excluding carboxylic acids is 1. The van der Waals surface area contributed by atoms with E-state index in [4.69, 9.17) is 19.9 Å². The fourth-order valence-electron chi connectivity index (χ4n) is 1.82. The Balaban J connectivity index is 2.00. The maximum atomic E-state index is 11.0. The van der Waals surface area contributed by atoms with Crippen LogP contribution in [0, 0.1) is 0 Å². The first kappa shape index (κ1) is 9.89. The fraction of sp³-hybridized carbons (Fsp3) is 0.889. The van der Waals surface area contributed by atoms with Gasteiger partial charge in [-0.2, -0.15) is 0 Å². The highest BCUT2D eigenvalue weighted by molar-refractivity contribution is 5.72. The molecule has 0 saturated carbocycles. The Kier molecular flexibility index (Phi) is 2.25. The average molecular weight is 201 g/mol. The van der Waals surface area contributed by atoms with E-state index in [1.54, 1.807) is 0 Å². The molecule has 0 amide bonds. The summed E-state index contributed by atoms with van der Waals surface area (Å²) < 4.78 is 16.0. The molecule has 0 aromatic heterocycles. The average Bonchev–Trinajstić information content (AvgIpc) is 2.55. The lowest BCUT2D eigenvalue weighted by molar-refractivity contribution is -0.162. The second kappa shape index (κ2) is 3.18. The monoisotopic (exact) mass is 201 g/mol. The van der Waals surface area contributed by atoms with Gasteiger partial charge in [-0.25, -0.2) is 0 Å². The summed E-state index contributed by atoms with van der Waals surface area (Å²) >= 11 is 0. The van der Waals surface area contributed by atoms with Crippen LogP contribution in [0.5, 0.6) is 0 Å². The van der Waals surface area contributed by atoms with Crippen molar-refractivity contribution in [2.45, 2.75) is 44.3 Å². The van der Waals surface area contributed by atoms with E-state index >= 15 is 0 Å². The van der Waals surface area contributed by atoms with Gasteiger partial charge in [0.1, 0.15) is 12.2 Å². The van der Waals surface area contributed by atoms with Crippen molar-refractivity contribution >= 4 is 5.97 Å². The molecule has 0 radical (unpaired) electrons. The van der Waals surface area contributed by atoms with Crippen molar-refractivity contribution < 1.29 is 19.0 Å². The molecule has 5 nitrogen and oxygen atoms in total. The van der Waals surface area contributed by atoms with Gasteiger partial charge in [0.25, 0.3) is 0 Å². The summed E-state index contributed by atoms with van der Waals surface area (Å²) in [5.41, 5.74) is 5.76. The molecule has 2 unspecified atom stereocenters. The second-order valence-electron chi connectivity index (χ2n) is 4.19. The Hall–Kier alpha value is -0.650. The Morgan fingerprint density at radius 3 is 2.64 bits per heavy atom. The number of carbonyl (C=O) groups is 1. The molecule has 2 N–H and O–H groups in total. The first-order valence-corrected chi connectivity index (χ1v) is 4.75. The molecule has 2 aliphatic heterocycles. The Bertz CT molecular complexity index is 253. The zero-order chi connectivity index (χ0) is 10.3. The summed E-state index contributed by atoms with van der Waals surface area (Å²) in [6.07, 6.45) is -0.318. The molecule has 0 aromatic carbocycles. The lowest BCUT2D eigenvalue weighted by atomic mass is 10.1. The van der Waals surface area contributed by atoms with E-state index in [-0.39, 0.29) is 30.6 Å². The van der Waals surface area contributed by atoms with Crippen molar-refractivity contribution in [3.8, 4) is 0 Å². The van der Waals surface area contributed by atoms with Crippen molar-refractivity contribution in [2.24, 2.45) is 5.73 Å². The molecule has 2 fully saturated rings. The summed E-state index contributed by atoms with van der Waals surface area (Å²) in [7, 11) is 0. The summed E-state index contributed by atoms with van der Waals surface area (Å²) in [5, 5.41) is 0. The van der Waals surface area contributed by atoms with Crippen LogP contribution < -0.4 is 5.73 Å². The van der Waals surface area contributed by atoms with Gasteiger partial charge in [-0.3, -0.25) is 4.79 Å². The normalized spacial score (nSPS) is 41.4. The van der Waals surface area contributed by atoms with Gasteiger partial charge in [-0.05, 0) is 13.8 Å². The van der Waals surface area contributed by atoms with Crippen LogP contribution in [0.2, 0.25) is 0 Å². The van der Waals surface area contributed by atoms with Crippen molar-refractivity contribution in [2.75, 3.05) is 6.61 Å². The molecular weight excluding hydrogens is 186 g/mol. The molecule has 2 saturated heterocycles. The van der Waals surface area contributed by atoms with Crippen molar-refractivity contribution in [1.82, 2.24) is 0 Å².